The second-order valence-electron chi connectivity index (χ2n) is 5.63. The Balaban J connectivity index is 1.72. The number of rotatable bonds is 4. The Kier molecular flexibility index (Phi) is 4.05. The highest BCUT2D eigenvalue weighted by atomic mass is 15.3. The molecule has 1 aliphatic heterocycles. The minimum atomic E-state index is 0.464. The van der Waals surface area contributed by atoms with Gasteiger partial charge in [-0.05, 0) is 18.6 Å². The third kappa shape index (κ3) is 2.59. The molecule has 1 aliphatic rings. The molecule has 108 valence electrons. The number of nitrogens with zero attached hydrogens (tertiary/aromatic N) is 2. The van der Waals surface area contributed by atoms with E-state index in [2.05, 4.69) is 52.2 Å². The standard InChI is InChI=1S/C16H24N4/c1-13(20-10-8-19(7-6-17)9-11-20)15-12-18-16-5-3-2-4-14(15)16/h2-5,12-13,18H,6-11,17H2,1H3. The third-order valence-corrected chi connectivity index (χ3v) is 4.47. The largest absolute Gasteiger partial charge is 0.361 e. The van der Waals surface area contributed by atoms with Gasteiger partial charge in [0.25, 0.3) is 0 Å². The van der Waals surface area contributed by atoms with E-state index < -0.39 is 0 Å². The molecule has 20 heavy (non-hydrogen) atoms. The van der Waals surface area contributed by atoms with Crippen LogP contribution in [0.4, 0.5) is 0 Å². The Bertz CT molecular complexity index is 554. The number of benzene rings is 1. The van der Waals surface area contributed by atoms with Crippen molar-refractivity contribution in [2.24, 2.45) is 5.73 Å². The van der Waals surface area contributed by atoms with Crippen LogP contribution in [0.2, 0.25) is 0 Å². The molecule has 3 rings (SSSR count). The number of nitrogens with one attached hydrogen (secondary N) is 1. The minimum absolute atomic E-state index is 0.464. The van der Waals surface area contributed by atoms with Crippen LogP contribution < -0.4 is 5.73 Å². The molecule has 0 bridgehead atoms. The summed E-state index contributed by atoms with van der Waals surface area (Å²) in [6.07, 6.45) is 2.17. The van der Waals surface area contributed by atoms with Crippen molar-refractivity contribution in [3.8, 4) is 0 Å². The topological polar surface area (TPSA) is 48.3 Å². The Morgan fingerprint density at radius 2 is 1.95 bits per heavy atom. The van der Waals surface area contributed by atoms with E-state index in [1.165, 1.54) is 16.5 Å². The van der Waals surface area contributed by atoms with Crippen LogP contribution >= 0.6 is 0 Å². The first-order valence-electron chi connectivity index (χ1n) is 7.52. The van der Waals surface area contributed by atoms with Crippen molar-refractivity contribution in [2.75, 3.05) is 39.3 Å². The second-order valence-corrected chi connectivity index (χ2v) is 5.63. The second kappa shape index (κ2) is 5.95. The van der Waals surface area contributed by atoms with Gasteiger partial charge in [0.2, 0.25) is 0 Å². The smallest absolute Gasteiger partial charge is 0.0457 e. The summed E-state index contributed by atoms with van der Waals surface area (Å²) in [6, 6.07) is 9.02. The molecule has 0 spiro atoms. The van der Waals surface area contributed by atoms with E-state index in [1.54, 1.807) is 0 Å². The summed E-state index contributed by atoms with van der Waals surface area (Å²) in [6.45, 7) is 8.61. The van der Waals surface area contributed by atoms with Gasteiger partial charge in [-0.25, -0.2) is 0 Å². The zero-order valence-corrected chi connectivity index (χ0v) is 12.2. The van der Waals surface area contributed by atoms with Crippen LogP contribution in [0.3, 0.4) is 0 Å². The van der Waals surface area contributed by atoms with Crippen molar-refractivity contribution in [2.45, 2.75) is 13.0 Å². The van der Waals surface area contributed by atoms with E-state index in [4.69, 9.17) is 5.73 Å². The van der Waals surface area contributed by atoms with Gasteiger partial charge in [-0.3, -0.25) is 9.80 Å². The lowest BCUT2D eigenvalue weighted by Gasteiger charge is -2.37. The van der Waals surface area contributed by atoms with Gasteiger partial charge < -0.3 is 10.7 Å². The molecule has 0 saturated carbocycles. The van der Waals surface area contributed by atoms with E-state index in [0.29, 0.717) is 6.04 Å². The van der Waals surface area contributed by atoms with Gasteiger partial charge in [0.1, 0.15) is 0 Å². The first kappa shape index (κ1) is 13.6. The van der Waals surface area contributed by atoms with Crippen LogP contribution in [0.5, 0.6) is 0 Å². The molecular weight excluding hydrogens is 248 g/mol. The fourth-order valence-corrected chi connectivity index (χ4v) is 3.19. The molecule has 1 unspecified atom stereocenters. The fourth-order valence-electron chi connectivity index (χ4n) is 3.19. The van der Waals surface area contributed by atoms with E-state index in [1.807, 2.05) is 0 Å². The Morgan fingerprint density at radius 3 is 2.70 bits per heavy atom. The molecule has 1 fully saturated rings. The van der Waals surface area contributed by atoms with Crippen molar-refractivity contribution in [3.05, 3.63) is 36.0 Å². The zero-order chi connectivity index (χ0) is 13.9. The number of hydrogen-bond donors (Lipinski definition) is 2. The average molecular weight is 272 g/mol. The van der Waals surface area contributed by atoms with Gasteiger partial charge in [-0.15, -0.1) is 0 Å². The molecule has 1 aromatic heterocycles. The predicted molar refractivity (Wildman–Crippen MR) is 83.8 cm³/mol. The van der Waals surface area contributed by atoms with Crippen LogP contribution in [0.1, 0.15) is 18.5 Å². The van der Waals surface area contributed by atoms with E-state index in [0.717, 1.165) is 39.3 Å². The van der Waals surface area contributed by atoms with Gasteiger partial charge in [0.05, 0.1) is 0 Å². The summed E-state index contributed by atoms with van der Waals surface area (Å²) in [5.74, 6) is 0. The van der Waals surface area contributed by atoms with Gasteiger partial charge in [-0.1, -0.05) is 18.2 Å². The number of aromatic nitrogens is 1. The highest BCUT2D eigenvalue weighted by Crippen LogP contribution is 2.28. The molecule has 1 saturated heterocycles. The Morgan fingerprint density at radius 1 is 1.20 bits per heavy atom. The van der Waals surface area contributed by atoms with Crippen LogP contribution in [0.25, 0.3) is 10.9 Å². The number of H-pyrrole nitrogens is 1. The fraction of sp³-hybridized carbons (Fsp3) is 0.500. The van der Waals surface area contributed by atoms with Gasteiger partial charge >= 0.3 is 0 Å². The van der Waals surface area contributed by atoms with E-state index in [9.17, 15) is 0 Å². The number of para-hydroxylation sites is 1. The molecule has 1 atom stereocenters. The van der Waals surface area contributed by atoms with E-state index >= 15 is 0 Å². The van der Waals surface area contributed by atoms with Crippen molar-refractivity contribution in [1.82, 2.24) is 14.8 Å². The lowest BCUT2D eigenvalue weighted by molar-refractivity contribution is 0.105. The first-order valence-corrected chi connectivity index (χ1v) is 7.52. The summed E-state index contributed by atoms with van der Waals surface area (Å²) in [5.41, 5.74) is 8.28. The average Bonchev–Trinajstić information content (AvgIpc) is 2.92. The molecule has 0 amide bonds. The van der Waals surface area contributed by atoms with Gasteiger partial charge in [0, 0.05) is 62.4 Å². The maximum absolute atomic E-state index is 5.63. The van der Waals surface area contributed by atoms with Crippen molar-refractivity contribution in [3.63, 3.8) is 0 Å². The molecule has 2 heterocycles. The molecule has 0 radical (unpaired) electrons. The molecule has 4 heteroatoms. The molecule has 4 nitrogen and oxygen atoms in total. The SMILES string of the molecule is CC(c1c[nH]c2ccccc12)N1CCN(CCN)CC1. The van der Waals surface area contributed by atoms with E-state index in [-0.39, 0.29) is 0 Å². The maximum atomic E-state index is 5.63. The number of hydrogen-bond acceptors (Lipinski definition) is 3. The number of piperazine rings is 1. The van der Waals surface area contributed by atoms with Crippen molar-refractivity contribution < 1.29 is 0 Å². The first-order chi connectivity index (χ1) is 9.79. The summed E-state index contributed by atoms with van der Waals surface area (Å²) in [5, 5.41) is 1.35. The Hall–Kier alpha value is -1.36. The van der Waals surface area contributed by atoms with Gasteiger partial charge in [-0.2, -0.15) is 0 Å². The Labute approximate surface area is 120 Å². The molecule has 1 aromatic carbocycles. The highest BCUT2D eigenvalue weighted by molar-refractivity contribution is 5.83. The summed E-state index contributed by atoms with van der Waals surface area (Å²) < 4.78 is 0. The zero-order valence-electron chi connectivity index (χ0n) is 12.2. The van der Waals surface area contributed by atoms with Crippen LogP contribution in [-0.4, -0.2) is 54.1 Å². The normalized spacial score (nSPS) is 19.5. The maximum Gasteiger partial charge on any atom is 0.0457 e. The van der Waals surface area contributed by atoms with Crippen molar-refractivity contribution >= 4 is 10.9 Å². The van der Waals surface area contributed by atoms with Gasteiger partial charge in [0.15, 0.2) is 0 Å². The molecule has 0 aliphatic carbocycles. The predicted octanol–water partition coefficient (Wildman–Crippen LogP) is 1.81. The third-order valence-electron chi connectivity index (χ3n) is 4.47. The lowest BCUT2D eigenvalue weighted by atomic mass is 10.1. The minimum Gasteiger partial charge on any atom is -0.361 e. The van der Waals surface area contributed by atoms with Crippen molar-refractivity contribution in [1.29, 1.82) is 0 Å². The summed E-state index contributed by atoms with van der Waals surface area (Å²) >= 11 is 0. The quantitative estimate of drug-likeness (QED) is 0.892. The summed E-state index contributed by atoms with van der Waals surface area (Å²) in [4.78, 5) is 8.41. The van der Waals surface area contributed by atoms with Crippen LogP contribution in [-0.2, 0) is 0 Å². The highest BCUT2D eigenvalue weighted by Gasteiger charge is 2.23. The van der Waals surface area contributed by atoms with Crippen LogP contribution in [0, 0.1) is 0 Å². The number of aromatic amines is 1. The number of nitrogens with two attached hydrogens (primary N) is 1. The molecule has 2 aromatic rings. The summed E-state index contributed by atoms with van der Waals surface area (Å²) in [7, 11) is 0. The monoisotopic (exact) mass is 272 g/mol. The lowest BCUT2D eigenvalue weighted by Crippen LogP contribution is -2.48. The molecular formula is C16H24N4. The molecule has 3 N–H and O–H groups in total. The van der Waals surface area contributed by atoms with Crippen LogP contribution in [0.15, 0.2) is 30.5 Å². The number of fused-ring (bicyclic) bond motifs is 1.